The molecule has 0 aliphatic carbocycles. The molecule has 0 N–H and O–H groups in total. The van der Waals surface area contributed by atoms with E-state index in [9.17, 15) is 4.79 Å². The SMILES string of the molecule is CCCC(=O)CCCCCSC. The molecular weight excluding hydrogens is 168 g/mol. The van der Waals surface area contributed by atoms with E-state index in [-0.39, 0.29) is 0 Å². The summed E-state index contributed by atoms with van der Waals surface area (Å²) in [6, 6.07) is 0. The van der Waals surface area contributed by atoms with Gasteiger partial charge in [-0.15, -0.1) is 0 Å². The van der Waals surface area contributed by atoms with Crippen LogP contribution in [0.15, 0.2) is 0 Å². The lowest BCUT2D eigenvalue weighted by molar-refractivity contribution is -0.119. The van der Waals surface area contributed by atoms with Crippen LogP contribution in [0.2, 0.25) is 0 Å². The van der Waals surface area contributed by atoms with Crippen molar-refractivity contribution in [3.05, 3.63) is 0 Å². The highest BCUT2D eigenvalue weighted by atomic mass is 32.2. The molecule has 0 amide bonds. The van der Waals surface area contributed by atoms with E-state index in [1.54, 1.807) is 0 Å². The van der Waals surface area contributed by atoms with Crippen LogP contribution in [-0.4, -0.2) is 17.8 Å². The zero-order chi connectivity index (χ0) is 9.23. The van der Waals surface area contributed by atoms with E-state index in [1.165, 1.54) is 18.6 Å². The van der Waals surface area contributed by atoms with E-state index in [0.29, 0.717) is 5.78 Å². The lowest BCUT2D eigenvalue weighted by Crippen LogP contribution is -1.96. The molecule has 1 nitrogen and oxygen atoms in total. The molecule has 0 rings (SSSR count). The maximum atomic E-state index is 11.1. The fourth-order valence-corrected chi connectivity index (χ4v) is 1.64. The number of Topliss-reactive ketones (excluding diaryl/α,β-unsaturated/α-hetero) is 1. The summed E-state index contributed by atoms with van der Waals surface area (Å²) in [7, 11) is 0. The molecule has 0 bridgehead atoms. The van der Waals surface area contributed by atoms with Crippen LogP contribution in [-0.2, 0) is 4.79 Å². The minimum absolute atomic E-state index is 0.446. The molecule has 0 aliphatic rings. The van der Waals surface area contributed by atoms with E-state index in [0.717, 1.165) is 25.7 Å². The Labute approximate surface area is 80.3 Å². The highest BCUT2D eigenvalue weighted by molar-refractivity contribution is 7.98. The minimum Gasteiger partial charge on any atom is -0.300 e. The van der Waals surface area contributed by atoms with Gasteiger partial charge in [0, 0.05) is 12.8 Å². The highest BCUT2D eigenvalue weighted by Crippen LogP contribution is 2.06. The molecule has 0 saturated heterocycles. The van der Waals surface area contributed by atoms with Crippen LogP contribution < -0.4 is 0 Å². The van der Waals surface area contributed by atoms with Crippen LogP contribution in [0.25, 0.3) is 0 Å². The molecule has 0 unspecified atom stereocenters. The maximum Gasteiger partial charge on any atom is 0.132 e. The summed E-state index contributed by atoms with van der Waals surface area (Å²) in [5.41, 5.74) is 0. The minimum atomic E-state index is 0.446. The van der Waals surface area contributed by atoms with Gasteiger partial charge in [-0.05, 0) is 31.3 Å². The van der Waals surface area contributed by atoms with Gasteiger partial charge in [0.25, 0.3) is 0 Å². The molecule has 0 aromatic carbocycles. The molecule has 0 aromatic rings. The van der Waals surface area contributed by atoms with E-state index < -0.39 is 0 Å². The number of thioether (sulfide) groups is 1. The molecule has 0 atom stereocenters. The van der Waals surface area contributed by atoms with E-state index in [1.807, 2.05) is 11.8 Å². The second-order valence-corrected chi connectivity index (χ2v) is 4.08. The standard InChI is InChI=1S/C10H20OS/c1-3-7-10(11)8-5-4-6-9-12-2/h3-9H2,1-2H3. The van der Waals surface area contributed by atoms with Crippen molar-refractivity contribution in [3.8, 4) is 0 Å². The van der Waals surface area contributed by atoms with Gasteiger partial charge in [0.1, 0.15) is 5.78 Å². The Kier molecular flexibility index (Phi) is 9.13. The largest absolute Gasteiger partial charge is 0.300 e. The van der Waals surface area contributed by atoms with Crippen molar-refractivity contribution in [2.24, 2.45) is 0 Å². The summed E-state index contributed by atoms with van der Waals surface area (Å²) in [4.78, 5) is 11.1. The predicted molar refractivity (Wildman–Crippen MR) is 56.8 cm³/mol. The molecule has 0 aromatic heterocycles. The number of rotatable bonds is 8. The monoisotopic (exact) mass is 188 g/mol. The Morgan fingerprint density at radius 1 is 1.17 bits per heavy atom. The van der Waals surface area contributed by atoms with Crippen molar-refractivity contribution in [3.63, 3.8) is 0 Å². The van der Waals surface area contributed by atoms with Crippen molar-refractivity contribution >= 4 is 17.5 Å². The van der Waals surface area contributed by atoms with Gasteiger partial charge >= 0.3 is 0 Å². The Morgan fingerprint density at radius 2 is 1.92 bits per heavy atom. The molecule has 0 saturated carbocycles. The van der Waals surface area contributed by atoms with Crippen LogP contribution in [0, 0.1) is 0 Å². The van der Waals surface area contributed by atoms with Crippen molar-refractivity contribution < 1.29 is 4.79 Å². The van der Waals surface area contributed by atoms with Crippen LogP contribution in [0.3, 0.4) is 0 Å². The quantitative estimate of drug-likeness (QED) is 0.544. The van der Waals surface area contributed by atoms with Crippen molar-refractivity contribution in [2.75, 3.05) is 12.0 Å². The smallest absolute Gasteiger partial charge is 0.132 e. The number of carbonyl (C=O) groups excluding carboxylic acids is 1. The molecular formula is C10H20OS. The van der Waals surface area contributed by atoms with Crippen LogP contribution in [0.1, 0.15) is 45.4 Å². The zero-order valence-electron chi connectivity index (χ0n) is 8.27. The summed E-state index contributed by atoms with van der Waals surface area (Å²) in [5.74, 6) is 1.68. The molecule has 12 heavy (non-hydrogen) atoms. The molecule has 0 aliphatic heterocycles. The number of ketones is 1. The van der Waals surface area contributed by atoms with Gasteiger partial charge in [-0.25, -0.2) is 0 Å². The van der Waals surface area contributed by atoms with Gasteiger partial charge in [-0.3, -0.25) is 4.79 Å². The maximum absolute atomic E-state index is 11.1. The molecule has 2 heteroatoms. The fourth-order valence-electron chi connectivity index (χ4n) is 1.15. The Morgan fingerprint density at radius 3 is 2.50 bits per heavy atom. The highest BCUT2D eigenvalue weighted by Gasteiger charge is 1.98. The third kappa shape index (κ3) is 8.12. The van der Waals surface area contributed by atoms with Gasteiger partial charge < -0.3 is 0 Å². The second kappa shape index (κ2) is 9.11. The van der Waals surface area contributed by atoms with Crippen LogP contribution >= 0.6 is 11.8 Å². The Balaban J connectivity index is 3.03. The normalized spacial score (nSPS) is 10.2. The zero-order valence-corrected chi connectivity index (χ0v) is 9.08. The van der Waals surface area contributed by atoms with Crippen LogP contribution in [0.4, 0.5) is 0 Å². The first kappa shape index (κ1) is 12.0. The van der Waals surface area contributed by atoms with Gasteiger partial charge in [0.2, 0.25) is 0 Å². The average Bonchev–Trinajstić information content (AvgIpc) is 2.05. The number of unbranched alkanes of at least 4 members (excludes halogenated alkanes) is 2. The molecule has 0 fully saturated rings. The summed E-state index contributed by atoms with van der Waals surface area (Å²) < 4.78 is 0. The van der Waals surface area contributed by atoms with Crippen molar-refractivity contribution in [1.82, 2.24) is 0 Å². The van der Waals surface area contributed by atoms with Gasteiger partial charge in [0.15, 0.2) is 0 Å². The van der Waals surface area contributed by atoms with Crippen LogP contribution in [0.5, 0.6) is 0 Å². The third-order valence-corrected chi connectivity index (χ3v) is 2.53. The lowest BCUT2D eigenvalue weighted by Gasteiger charge is -1.98. The van der Waals surface area contributed by atoms with Crippen molar-refractivity contribution in [2.45, 2.75) is 45.4 Å². The number of hydrogen-bond donors (Lipinski definition) is 0. The van der Waals surface area contributed by atoms with E-state index >= 15 is 0 Å². The van der Waals surface area contributed by atoms with Gasteiger partial charge in [0.05, 0.1) is 0 Å². The fraction of sp³-hybridized carbons (Fsp3) is 0.900. The van der Waals surface area contributed by atoms with Gasteiger partial charge in [-0.1, -0.05) is 13.3 Å². The Hall–Kier alpha value is 0.0200. The predicted octanol–water partition coefficient (Wildman–Crippen LogP) is 3.28. The summed E-state index contributed by atoms with van der Waals surface area (Å²) in [6.07, 6.45) is 8.30. The van der Waals surface area contributed by atoms with Gasteiger partial charge in [-0.2, -0.15) is 11.8 Å². The van der Waals surface area contributed by atoms with Crippen molar-refractivity contribution in [1.29, 1.82) is 0 Å². The third-order valence-electron chi connectivity index (χ3n) is 1.83. The molecule has 0 spiro atoms. The summed E-state index contributed by atoms with van der Waals surface area (Å²) in [6.45, 7) is 2.06. The first-order valence-corrected chi connectivity index (χ1v) is 6.21. The molecule has 72 valence electrons. The molecule has 0 heterocycles. The van der Waals surface area contributed by atoms with E-state index in [4.69, 9.17) is 0 Å². The average molecular weight is 188 g/mol. The first-order valence-electron chi connectivity index (χ1n) is 4.82. The Bertz CT molecular complexity index is 112. The summed E-state index contributed by atoms with van der Waals surface area (Å²) >= 11 is 1.89. The second-order valence-electron chi connectivity index (χ2n) is 3.09. The summed E-state index contributed by atoms with van der Waals surface area (Å²) in [5, 5.41) is 0. The molecule has 0 radical (unpaired) electrons. The lowest BCUT2D eigenvalue weighted by atomic mass is 10.1. The van der Waals surface area contributed by atoms with E-state index in [2.05, 4.69) is 13.2 Å². The number of carbonyl (C=O) groups is 1. The topological polar surface area (TPSA) is 17.1 Å². The first-order chi connectivity index (χ1) is 5.81. The number of hydrogen-bond acceptors (Lipinski definition) is 2.